The first-order valence-corrected chi connectivity index (χ1v) is 5.70. The van der Waals surface area contributed by atoms with E-state index in [1.807, 2.05) is 32.0 Å². The van der Waals surface area contributed by atoms with E-state index in [0.29, 0.717) is 6.42 Å². The number of alkyl halides is 1. The predicted octanol–water partition coefficient (Wildman–Crippen LogP) is 3.81. The zero-order valence-electron chi connectivity index (χ0n) is 9.40. The molecule has 0 fully saturated rings. The molecule has 2 aromatic heterocycles. The van der Waals surface area contributed by atoms with E-state index >= 15 is 0 Å². The van der Waals surface area contributed by atoms with Crippen molar-refractivity contribution in [2.45, 2.75) is 25.6 Å². The van der Waals surface area contributed by atoms with Crippen LogP contribution in [0.4, 0.5) is 0 Å². The summed E-state index contributed by atoms with van der Waals surface area (Å²) in [5, 5.41) is -0.149. The monoisotopic (exact) mass is 235 g/mol. The largest absolute Gasteiger partial charge is 0.467 e. The normalized spacial score (nSPS) is 12.7. The summed E-state index contributed by atoms with van der Waals surface area (Å²) in [7, 11) is 0. The van der Waals surface area contributed by atoms with Crippen molar-refractivity contribution >= 4 is 11.6 Å². The third-order valence-electron chi connectivity index (χ3n) is 2.68. The molecule has 0 saturated carbocycles. The molecule has 0 aliphatic heterocycles. The van der Waals surface area contributed by atoms with Gasteiger partial charge in [-0.05, 0) is 37.1 Å². The molecule has 2 rings (SSSR count). The molecule has 0 aliphatic carbocycles. The van der Waals surface area contributed by atoms with Crippen molar-refractivity contribution in [3.63, 3.8) is 0 Å². The highest BCUT2D eigenvalue weighted by Gasteiger charge is 2.16. The summed E-state index contributed by atoms with van der Waals surface area (Å²) in [5.74, 6) is 0.840. The van der Waals surface area contributed by atoms with E-state index in [-0.39, 0.29) is 5.38 Å². The van der Waals surface area contributed by atoms with E-state index in [2.05, 4.69) is 4.98 Å². The molecular weight excluding hydrogens is 222 g/mol. The van der Waals surface area contributed by atoms with Crippen molar-refractivity contribution in [3.05, 3.63) is 53.2 Å². The Balaban J connectivity index is 2.17. The van der Waals surface area contributed by atoms with Gasteiger partial charge >= 0.3 is 0 Å². The molecule has 3 heteroatoms. The van der Waals surface area contributed by atoms with Crippen LogP contribution in [0.1, 0.15) is 28.0 Å². The first kappa shape index (κ1) is 11.2. The van der Waals surface area contributed by atoms with Crippen LogP contribution < -0.4 is 0 Å². The number of aryl methyl sites for hydroxylation is 2. The Kier molecular flexibility index (Phi) is 3.30. The van der Waals surface area contributed by atoms with Gasteiger partial charge in [0.1, 0.15) is 5.76 Å². The Hall–Kier alpha value is -1.28. The fraction of sp³-hybridized carbons (Fsp3) is 0.308. The SMILES string of the molecule is Cc1cccnc1CC(Cl)c1occc1C. The molecule has 0 amide bonds. The molecule has 0 spiro atoms. The average molecular weight is 236 g/mol. The van der Waals surface area contributed by atoms with Crippen LogP contribution in [0.15, 0.2) is 35.1 Å². The Morgan fingerprint density at radius 1 is 1.31 bits per heavy atom. The predicted molar refractivity (Wildman–Crippen MR) is 64.7 cm³/mol. The first-order chi connectivity index (χ1) is 7.68. The number of furan rings is 1. The molecular formula is C13H14ClNO. The maximum Gasteiger partial charge on any atom is 0.124 e. The maximum atomic E-state index is 6.33. The summed E-state index contributed by atoms with van der Waals surface area (Å²) >= 11 is 6.33. The van der Waals surface area contributed by atoms with Gasteiger partial charge in [-0.3, -0.25) is 4.98 Å². The lowest BCUT2D eigenvalue weighted by molar-refractivity contribution is 0.498. The smallest absolute Gasteiger partial charge is 0.124 e. The molecule has 16 heavy (non-hydrogen) atoms. The van der Waals surface area contributed by atoms with Gasteiger partial charge in [-0.15, -0.1) is 11.6 Å². The number of pyridine rings is 1. The van der Waals surface area contributed by atoms with Crippen molar-refractivity contribution in [2.24, 2.45) is 0 Å². The molecule has 2 nitrogen and oxygen atoms in total. The van der Waals surface area contributed by atoms with Gasteiger partial charge in [0.15, 0.2) is 0 Å². The molecule has 0 radical (unpaired) electrons. The van der Waals surface area contributed by atoms with Crippen LogP contribution in [0.25, 0.3) is 0 Å². The van der Waals surface area contributed by atoms with Crippen molar-refractivity contribution in [1.82, 2.24) is 4.98 Å². The molecule has 1 atom stereocenters. The standard InChI is InChI=1S/C13H14ClNO/c1-9-4-3-6-15-12(9)8-11(14)13-10(2)5-7-16-13/h3-7,11H,8H2,1-2H3. The van der Waals surface area contributed by atoms with Gasteiger partial charge in [0.2, 0.25) is 0 Å². The first-order valence-electron chi connectivity index (χ1n) is 5.27. The Labute approximate surface area is 100 Å². The van der Waals surface area contributed by atoms with Gasteiger partial charge in [0.05, 0.1) is 11.6 Å². The summed E-state index contributed by atoms with van der Waals surface area (Å²) in [6.07, 6.45) is 4.16. The second-order valence-electron chi connectivity index (χ2n) is 3.91. The van der Waals surface area contributed by atoms with Gasteiger partial charge in [0, 0.05) is 18.3 Å². The summed E-state index contributed by atoms with van der Waals surface area (Å²) < 4.78 is 5.38. The van der Waals surface area contributed by atoms with Gasteiger partial charge in [0.25, 0.3) is 0 Å². The molecule has 0 N–H and O–H groups in total. The number of nitrogens with zero attached hydrogens (tertiary/aromatic N) is 1. The summed E-state index contributed by atoms with van der Waals surface area (Å²) in [5.41, 5.74) is 3.28. The van der Waals surface area contributed by atoms with E-state index in [9.17, 15) is 0 Å². The van der Waals surface area contributed by atoms with Crippen LogP contribution in [0.3, 0.4) is 0 Å². The van der Waals surface area contributed by atoms with Crippen molar-refractivity contribution in [1.29, 1.82) is 0 Å². The molecule has 0 saturated heterocycles. The van der Waals surface area contributed by atoms with Crippen LogP contribution in [0, 0.1) is 13.8 Å². The zero-order chi connectivity index (χ0) is 11.5. The van der Waals surface area contributed by atoms with E-state index in [0.717, 1.165) is 22.6 Å². The van der Waals surface area contributed by atoms with Crippen molar-refractivity contribution in [2.75, 3.05) is 0 Å². The lowest BCUT2D eigenvalue weighted by atomic mass is 10.1. The lowest BCUT2D eigenvalue weighted by Gasteiger charge is -2.09. The second kappa shape index (κ2) is 4.71. The highest BCUT2D eigenvalue weighted by Crippen LogP contribution is 2.28. The molecule has 0 bridgehead atoms. The van der Waals surface area contributed by atoms with Crippen LogP contribution in [-0.2, 0) is 6.42 Å². The number of halogens is 1. The number of aromatic nitrogens is 1. The van der Waals surface area contributed by atoms with Crippen LogP contribution in [0.5, 0.6) is 0 Å². The zero-order valence-corrected chi connectivity index (χ0v) is 10.2. The van der Waals surface area contributed by atoms with Crippen LogP contribution in [0.2, 0.25) is 0 Å². The van der Waals surface area contributed by atoms with Gasteiger partial charge < -0.3 is 4.42 Å². The molecule has 2 aromatic rings. The minimum absolute atomic E-state index is 0.149. The van der Waals surface area contributed by atoms with Gasteiger partial charge in [-0.2, -0.15) is 0 Å². The third-order valence-corrected chi connectivity index (χ3v) is 3.03. The van der Waals surface area contributed by atoms with Gasteiger partial charge in [-0.1, -0.05) is 6.07 Å². The topological polar surface area (TPSA) is 26.0 Å². The van der Waals surface area contributed by atoms with E-state index in [4.69, 9.17) is 16.0 Å². The van der Waals surface area contributed by atoms with E-state index in [1.54, 1.807) is 12.5 Å². The number of hydrogen-bond acceptors (Lipinski definition) is 2. The molecule has 0 aromatic carbocycles. The second-order valence-corrected chi connectivity index (χ2v) is 4.43. The fourth-order valence-electron chi connectivity index (χ4n) is 1.70. The Morgan fingerprint density at radius 3 is 2.75 bits per heavy atom. The minimum Gasteiger partial charge on any atom is -0.467 e. The third kappa shape index (κ3) is 2.27. The highest BCUT2D eigenvalue weighted by atomic mass is 35.5. The Bertz CT molecular complexity index is 478. The van der Waals surface area contributed by atoms with Crippen molar-refractivity contribution < 1.29 is 4.42 Å². The molecule has 0 aliphatic rings. The quantitative estimate of drug-likeness (QED) is 0.756. The number of rotatable bonds is 3. The van der Waals surface area contributed by atoms with E-state index < -0.39 is 0 Å². The van der Waals surface area contributed by atoms with E-state index in [1.165, 1.54) is 0 Å². The van der Waals surface area contributed by atoms with Crippen LogP contribution >= 0.6 is 11.6 Å². The summed E-state index contributed by atoms with van der Waals surface area (Å²) in [6, 6.07) is 5.90. The van der Waals surface area contributed by atoms with Crippen LogP contribution in [-0.4, -0.2) is 4.98 Å². The molecule has 1 unspecified atom stereocenters. The summed E-state index contributed by atoms with van der Waals surface area (Å²) in [6.45, 7) is 4.04. The molecule has 2 heterocycles. The minimum atomic E-state index is -0.149. The fourth-order valence-corrected chi connectivity index (χ4v) is 2.07. The van der Waals surface area contributed by atoms with Gasteiger partial charge in [-0.25, -0.2) is 0 Å². The average Bonchev–Trinajstić information content (AvgIpc) is 2.68. The lowest BCUT2D eigenvalue weighted by Crippen LogP contribution is -2.00. The number of hydrogen-bond donors (Lipinski definition) is 0. The maximum absolute atomic E-state index is 6.33. The highest BCUT2D eigenvalue weighted by molar-refractivity contribution is 6.20. The van der Waals surface area contributed by atoms with Crippen molar-refractivity contribution in [3.8, 4) is 0 Å². The Morgan fingerprint density at radius 2 is 2.12 bits per heavy atom. The molecule has 84 valence electrons. The summed E-state index contributed by atoms with van der Waals surface area (Å²) in [4.78, 5) is 4.33.